The first-order valence-electron chi connectivity index (χ1n) is 9.25. The zero-order valence-corrected chi connectivity index (χ0v) is 15.4. The second-order valence-corrected chi connectivity index (χ2v) is 6.91. The van der Waals surface area contributed by atoms with E-state index < -0.39 is 0 Å². The molecule has 1 unspecified atom stereocenters. The number of anilines is 1. The molecule has 1 heterocycles. The van der Waals surface area contributed by atoms with Crippen molar-refractivity contribution in [2.75, 3.05) is 5.73 Å². The fraction of sp³-hybridized carbons (Fsp3) is 0.476. The van der Waals surface area contributed by atoms with Crippen LogP contribution in [0.15, 0.2) is 12.1 Å². The minimum Gasteiger partial charge on any atom is -0.398 e. The molecule has 0 fully saturated rings. The Kier molecular flexibility index (Phi) is 5.03. The van der Waals surface area contributed by atoms with E-state index in [1.54, 1.807) is 0 Å². The third-order valence-corrected chi connectivity index (χ3v) is 5.25. The highest BCUT2D eigenvalue weighted by atomic mass is 14.9. The summed E-state index contributed by atoms with van der Waals surface area (Å²) in [6, 6.07) is 6.34. The smallest absolute Gasteiger partial charge is 0.128 e. The van der Waals surface area contributed by atoms with Gasteiger partial charge in [0, 0.05) is 23.5 Å². The molecule has 1 aromatic heterocycles. The molecule has 3 rings (SSSR count). The highest BCUT2D eigenvalue weighted by Crippen LogP contribution is 2.38. The topological polar surface area (TPSA) is 75.6 Å². The van der Waals surface area contributed by atoms with Crippen molar-refractivity contribution < 1.29 is 0 Å². The Labute approximate surface area is 150 Å². The van der Waals surface area contributed by atoms with Gasteiger partial charge in [-0.2, -0.15) is 5.26 Å². The monoisotopic (exact) mass is 334 g/mol. The number of nitriles is 1. The standard InChI is InChI=1S/C21H26N4/c1-4-6-14-8-10-18(23)17(12-22)21(14)15-7-9-16-13(3)24-20(5-2)25-19(16)11-15/h8,10,15H,4-7,9,11,23H2,1-3H3. The predicted octanol–water partition coefficient (Wildman–Crippen LogP) is 4.03. The van der Waals surface area contributed by atoms with E-state index in [0.29, 0.717) is 17.2 Å². The van der Waals surface area contributed by atoms with Gasteiger partial charge in [0.1, 0.15) is 11.9 Å². The molecule has 2 aromatic rings. The van der Waals surface area contributed by atoms with Crippen LogP contribution in [0.3, 0.4) is 0 Å². The molecular formula is C21H26N4. The van der Waals surface area contributed by atoms with Gasteiger partial charge >= 0.3 is 0 Å². The van der Waals surface area contributed by atoms with Gasteiger partial charge < -0.3 is 5.73 Å². The Morgan fingerprint density at radius 3 is 2.76 bits per heavy atom. The van der Waals surface area contributed by atoms with Gasteiger partial charge in [0.25, 0.3) is 0 Å². The molecule has 1 aromatic carbocycles. The zero-order valence-electron chi connectivity index (χ0n) is 15.4. The van der Waals surface area contributed by atoms with Crippen molar-refractivity contribution >= 4 is 5.69 Å². The number of hydrogen-bond donors (Lipinski definition) is 1. The van der Waals surface area contributed by atoms with Crippen LogP contribution in [0.2, 0.25) is 0 Å². The highest BCUT2D eigenvalue weighted by molar-refractivity contribution is 5.61. The maximum Gasteiger partial charge on any atom is 0.128 e. The summed E-state index contributed by atoms with van der Waals surface area (Å²) in [6.45, 7) is 6.35. The number of fused-ring (bicyclic) bond motifs is 1. The molecule has 0 spiro atoms. The van der Waals surface area contributed by atoms with Crippen LogP contribution in [0.4, 0.5) is 5.69 Å². The molecule has 1 aliphatic carbocycles. The number of aryl methyl sites for hydroxylation is 3. The Morgan fingerprint density at radius 2 is 2.08 bits per heavy atom. The summed E-state index contributed by atoms with van der Waals surface area (Å²) in [5.41, 5.74) is 13.4. The average molecular weight is 334 g/mol. The van der Waals surface area contributed by atoms with Crippen LogP contribution in [0.5, 0.6) is 0 Å². The van der Waals surface area contributed by atoms with Crippen LogP contribution < -0.4 is 5.73 Å². The second kappa shape index (κ2) is 7.23. The number of nitrogens with two attached hydrogens (primary N) is 1. The molecule has 0 aliphatic heterocycles. The van der Waals surface area contributed by atoms with Gasteiger partial charge in [0.2, 0.25) is 0 Å². The molecule has 1 aliphatic rings. The van der Waals surface area contributed by atoms with Crippen molar-refractivity contribution in [1.82, 2.24) is 9.97 Å². The maximum absolute atomic E-state index is 9.69. The lowest BCUT2D eigenvalue weighted by Crippen LogP contribution is -2.20. The molecule has 0 radical (unpaired) electrons. The van der Waals surface area contributed by atoms with Crippen LogP contribution in [-0.4, -0.2) is 9.97 Å². The van der Waals surface area contributed by atoms with Crippen molar-refractivity contribution in [2.45, 2.75) is 65.2 Å². The predicted molar refractivity (Wildman–Crippen MR) is 100 cm³/mol. The van der Waals surface area contributed by atoms with Crippen LogP contribution in [-0.2, 0) is 25.7 Å². The fourth-order valence-electron chi connectivity index (χ4n) is 4.03. The summed E-state index contributed by atoms with van der Waals surface area (Å²) in [6.07, 6.45) is 5.77. The lowest BCUT2D eigenvalue weighted by molar-refractivity contribution is 0.557. The van der Waals surface area contributed by atoms with Gasteiger partial charge in [-0.05, 0) is 61.3 Å². The molecule has 4 nitrogen and oxygen atoms in total. The van der Waals surface area contributed by atoms with E-state index in [4.69, 9.17) is 10.7 Å². The van der Waals surface area contributed by atoms with E-state index in [1.165, 1.54) is 11.1 Å². The quantitative estimate of drug-likeness (QED) is 0.857. The minimum atomic E-state index is 0.311. The molecule has 0 amide bonds. The molecule has 0 saturated carbocycles. The zero-order chi connectivity index (χ0) is 18.0. The van der Waals surface area contributed by atoms with Crippen molar-refractivity contribution in [3.05, 3.63) is 51.6 Å². The molecule has 130 valence electrons. The third-order valence-electron chi connectivity index (χ3n) is 5.25. The highest BCUT2D eigenvalue weighted by Gasteiger charge is 2.27. The van der Waals surface area contributed by atoms with Crippen LogP contribution in [0.1, 0.15) is 72.1 Å². The van der Waals surface area contributed by atoms with E-state index in [-0.39, 0.29) is 0 Å². The minimum absolute atomic E-state index is 0.311. The molecule has 0 bridgehead atoms. The number of nitrogen functional groups attached to an aromatic ring is 1. The molecular weight excluding hydrogens is 308 g/mol. The van der Waals surface area contributed by atoms with Gasteiger partial charge in [-0.15, -0.1) is 0 Å². The average Bonchev–Trinajstić information content (AvgIpc) is 2.62. The number of nitrogens with zero attached hydrogens (tertiary/aromatic N) is 3. The fourth-order valence-corrected chi connectivity index (χ4v) is 4.03. The summed E-state index contributed by atoms with van der Waals surface area (Å²) in [5, 5.41) is 9.69. The molecule has 0 saturated heterocycles. The second-order valence-electron chi connectivity index (χ2n) is 6.91. The summed E-state index contributed by atoms with van der Waals surface area (Å²) in [4.78, 5) is 9.41. The maximum atomic E-state index is 9.69. The summed E-state index contributed by atoms with van der Waals surface area (Å²) in [7, 11) is 0. The lowest BCUT2D eigenvalue weighted by Gasteiger charge is -2.28. The number of rotatable bonds is 4. The third kappa shape index (κ3) is 3.24. The Hall–Kier alpha value is -2.41. The van der Waals surface area contributed by atoms with Gasteiger partial charge in [0.15, 0.2) is 0 Å². The summed E-state index contributed by atoms with van der Waals surface area (Å²) in [5.74, 6) is 1.23. The number of aromatic nitrogens is 2. The van der Waals surface area contributed by atoms with E-state index in [0.717, 1.165) is 61.3 Å². The van der Waals surface area contributed by atoms with E-state index >= 15 is 0 Å². The lowest BCUT2D eigenvalue weighted by atomic mass is 9.77. The first kappa shape index (κ1) is 17.4. The first-order valence-corrected chi connectivity index (χ1v) is 9.25. The van der Waals surface area contributed by atoms with Crippen molar-refractivity contribution in [3.63, 3.8) is 0 Å². The molecule has 2 N–H and O–H groups in total. The Bertz CT molecular complexity index is 833. The molecule has 25 heavy (non-hydrogen) atoms. The van der Waals surface area contributed by atoms with Crippen LogP contribution in [0, 0.1) is 18.3 Å². The van der Waals surface area contributed by atoms with E-state index in [1.807, 2.05) is 6.07 Å². The van der Waals surface area contributed by atoms with Crippen molar-refractivity contribution in [3.8, 4) is 6.07 Å². The van der Waals surface area contributed by atoms with Gasteiger partial charge in [-0.1, -0.05) is 26.3 Å². The molecule has 1 atom stereocenters. The normalized spacial score (nSPS) is 16.3. The number of benzene rings is 1. The van der Waals surface area contributed by atoms with Crippen molar-refractivity contribution in [1.29, 1.82) is 5.26 Å². The van der Waals surface area contributed by atoms with E-state index in [9.17, 15) is 5.26 Å². The molecule has 4 heteroatoms. The summed E-state index contributed by atoms with van der Waals surface area (Å²) >= 11 is 0. The largest absolute Gasteiger partial charge is 0.398 e. The van der Waals surface area contributed by atoms with Crippen LogP contribution >= 0.6 is 0 Å². The first-order chi connectivity index (χ1) is 12.1. The number of hydrogen-bond acceptors (Lipinski definition) is 4. The van der Waals surface area contributed by atoms with Gasteiger partial charge in [-0.3, -0.25) is 0 Å². The van der Waals surface area contributed by atoms with Crippen LogP contribution in [0.25, 0.3) is 0 Å². The van der Waals surface area contributed by atoms with Gasteiger partial charge in [0.05, 0.1) is 5.56 Å². The van der Waals surface area contributed by atoms with Gasteiger partial charge in [-0.25, -0.2) is 9.97 Å². The van der Waals surface area contributed by atoms with E-state index in [2.05, 4.69) is 37.9 Å². The summed E-state index contributed by atoms with van der Waals surface area (Å²) < 4.78 is 0. The Balaban J connectivity index is 2.06. The SMILES string of the molecule is CCCc1ccc(N)c(C#N)c1C1CCc2c(C)nc(CC)nc2C1. The van der Waals surface area contributed by atoms with Crippen molar-refractivity contribution in [2.24, 2.45) is 0 Å². The Morgan fingerprint density at radius 1 is 1.28 bits per heavy atom.